The van der Waals surface area contributed by atoms with Crippen molar-refractivity contribution in [1.29, 1.82) is 0 Å². The number of nitrogens with zero attached hydrogens (tertiary/aromatic N) is 2. The molecule has 1 aromatic heterocycles. The first-order valence-corrected chi connectivity index (χ1v) is 4.59. The van der Waals surface area contributed by atoms with Gasteiger partial charge in [-0.25, -0.2) is 0 Å². The molecule has 1 N–H and O–H groups in total. The quantitative estimate of drug-likeness (QED) is 0.609. The Labute approximate surface area is 85.3 Å². The number of H-pyrrole nitrogens is 1. The van der Waals surface area contributed by atoms with Crippen molar-refractivity contribution >= 4 is 16.6 Å². The van der Waals surface area contributed by atoms with Crippen LogP contribution in [0, 0.1) is 4.91 Å². The highest BCUT2D eigenvalue weighted by Gasteiger charge is 2.18. The van der Waals surface area contributed by atoms with Gasteiger partial charge in [-0.3, -0.25) is 4.98 Å². The minimum Gasteiger partial charge on any atom is -0.359 e. The topological polar surface area (TPSA) is 58.1 Å². The molecule has 72 valence electrons. The van der Waals surface area contributed by atoms with Crippen molar-refractivity contribution < 1.29 is 0 Å². The highest BCUT2D eigenvalue weighted by Crippen LogP contribution is 2.41. The molecule has 1 aliphatic carbocycles. The molecule has 0 amide bonds. The number of nitroso groups, excluding NO2 is 1. The molecule has 0 fully saturated rings. The van der Waals surface area contributed by atoms with Gasteiger partial charge >= 0.3 is 0 Å². The fourth-order valence-corrected chi connectivity index (χ4v) is 1.87. The van der Waals surface area contributed by atoms with Gasteiger partial charge in [-0.1, -0.05) is 0 Å². The van der Waals surface area contributed by atoms with E-state index in [2.05, 4.69) is 15.1 Å². The van der Waals surface area contributed by atoms with E-state index in [0.29, 0.717) is 5.69 Å². The molecule has 1 aliphatic heterocycles. The van der Waals surface area contributed by atoms with Crippen LogP contribution in [0.4, 0.5) is 5.69 Å². The molecular formula is C11H7N3O. The zero-order chi connectivity index (χ0) is 10.3. The molecule has 4 nitrogen and oxygen atoms in total. The molecule has 0 atom stereocenters. The Morgan fingerprint density at radius 2 is 2.20 bits per heavy atom. The monoisotopic (exact) mass is 197 g/mol. The Kier molecular flexibility index (Phi) is 1.56. The molecule has 2 heterocycles. The number of pyridine rings is 2. The van der Waals surface area contributed by atoms with E-state index in [1.807, 2.05) is 18.2 Å². The molecule has 3 rings (SSSR count). The molecule has 2 aliphatic rings. The van der Waals surface area contributed by atoms with Crippen LogP contribution < -0.4 is 0 Å². The smallest absolute Gasteiger partial charge is 0.141 e. The number of hydrogen-bond donors (Lipinski definition) is 1. The fraction of sp³-hybridized carbons (Fsp3) is 0. The summed E-state index contributed by atoms with van der Waals surface area (Å²) in [6.45, 7) is 0. The average molecular weight is 197 g/mol. The lowest BCUT2D eigenvalue weighted by Gasteiger charge is -1.96. The van der Waals surface area contributed by atoms with Gasteiger partial charge in [-0.15, -0.1) is 4.91 Å². The third-order valence-corrected chi connectivity index (χ3v) is 2.50. The largest absolute Gasteiger partial charge is 0.359 e. The first kappa shape index (κ1) is 8.11. The molecule has 0 unspecified atom stereocenters. The molecule has 1 aromatic rings. The molecule has 0 bridgehead atoms. The summed E-state index contributed by atoms with van der Waals surface area (Å²) >= 11 is 0. The summed E-state index contributed by atoms with van der Waals surface area (Å²) in [6.07, 6.45) is 3.49. The summed E-state index contributed by atoms with van der Waals surface area (Å²) in [4.78, 5) is 18.1. The van der Waals surface area contributed by atoms with Crippen molar-refractivity contribution in [1.82, 2.24) is 9.97 Å². The zero-order valence-electron chi connectivity index (χ0n) is 7.77. The van der Waals surface area contributed by atoms with Gasteiger partial charge in [-0.2, -0.15) is 0 Å². The summed E-state index contributed by atoms with van der Waals surface area (Å²) in [5.41, 5.74) is 2.94. The second-order valence-corrected chi connectivity index (χ2v) is 3.30. The second-order valence-electron chi connectivity index (χ2n) is 3.30. The normalized spacial score (nSPS) is 10.9. The van der Waals surface area contributed by atoms with Gasteiger partial charge < -0.3 is 4.98 Å². The fourth-order valence-electron chi connectivity index (χ4n) is 1.87. The number of fused-ring (bicyclic) bond motifs is 3. The molecule has 0 spiro atoms. The molecule has 0 saturated carbocycles. The van der Waals surface area contributed by atoms with Crippen molar-refractivity contribution in [2.24, 2.45) is 5.18 Å². The van der Waals surface area contributed by atoms with Crippen LogP contribution in [0.5, 0.6) is 0 Å². The molecule has 4 heteroatoms. The van der Waals surface area contributed by atoms with Gasteiger partial charge in [-0.05, 0) is 29.4 Å². The third-order valence-electron chi connectivity index (χ3n) is 2.50. The summed E-state index contributed by atoms with van der Waals surface area (Å²) in [5, 5.41) is 3.86. The maximum atomic E-state index is 10.8. The van der Waals surface area contributed by atoms with E-state index in [4.69, 9.17) is 0 Å². The number of rotatable bonds is 1. The Hall–Kier alpha value is -2.23. The van der Waals surface area contributed by atoms with Crippen molar-refractivity contribution in [2.45, 2.75) is 0 Å². The van der Waals surface area contributed by atoms with Crippen molar-refractivity contribution in [3.05, 3.63) is 41.6 Å². The lowest BCUT2D eigenvalue weighted by Crippen LogP contribution is -1.79. The van der Waals surface area contributed by atoms with Crippen molar-refractivity contribution in [3.8, 4) is 11.3 Å². The van der Waals surface area contributed by atoms with Crippen LogP contribution in [0.1, 0.15) is 0 Å². The van der Waals surface area contributed by atoms with Gasteiger partial charge in [0, 0.05) is 23.3 Å². The maximum absolute atomic E-state index is 10.8. The van der Waals surface area contributed by atoms with E-state index in [9.17, 15) is 4.91 Å². The van der Waals surface area contributed by atoms with Crippen molar-refractivity contribution in [3.63, 3.8) is 0 Å². The first-order chi connectivity index (χ1) is 7.42. The molecular weight excluding hydrogens is 190 g/mol. The van der Waals surface area contributed by atoms with Crippen LogP contribution in [0.15, 0.2) is 41.8 Å². The van der Waals surface area contributed by atoms with E-state index < -0.39 is 0 Å². The average Bonchev–Trinajstić information content (AvgIpc) is 2.63. The van der Waals surface area contributed by atoms with E-state index in [0.717, 1.165) is 22.2 Å². The van der Waals surface area contributed by atoms with Gasteiger partial charge in [0.1, 0.15) is 5.69 Å². The predicted molar refractivity (Wildman–Crippen MR) is 58.2 cm³/mol. The number of nitrogens with one attached hydrogen (secondary N) is 1. The number of aromatic amines is 1. The Balaban J connectivity index is 2.60. The predicted octanol–water partition coefficient (Wildman–Crippen LogP) is 3.07. The SMILES string of the molecule is O=Nc1c2[nH]cccc-2c2ncccc12. The van der Waals surface area contributed by atoms with E-state index >= 15 is 0 Å². The van der Waals surface area contributed by atoms with E-state index in [1.54, 1.807) is 18.5 Å². The van der Waals surface area contributed by atoms with Crippen LogP contribution in [0.3, 0.4) is 0 Å². The minimum atomic E-state index is 0.439. The Morgan fingerprint density at radius 3 is 3.07 bits per heavy atom. The number of hydrogen-bond acceptors (Lipinski definition) is 3. The van der Waals surface area contributed by atoms with Crippen LogP contribution in [0.2, 0.25) is 0 Å². The van der Waals surface area contributed by atoms with Gasteiger partial charge in [0.2, 0.25) is 0 Å². The van der Waals surface area contributed by atoms with Crippen LogP contribution in [-0.2, 0) is 0 Å². The number of aromatic nitrogens is 2. The molecule has 0 aromatic carbocycles. The lowest BCUT2D eigenvalue weighted by molar-refractivity contribution is 1.32. The van der Waals surface area contributed by atoms with Gasteiger partial charge in [0.05, 0.1) is 11.2 Å². The summed E-state index contributed by atoms with van der Waals surface area (Å²) in [6, 6.07) is 7.46. The minimum absolute atomic E-state index is 0.439. The Bertz CT molecular complexity index is 614. The lowest BCUT2D eigenvalue weighted by atomic mass is 10.2. The van der Waals surface area contributed by atoms with Crippen LogP contribution in [-0.4, -0.2) is 9.97 Å². The summed E-state index contributed by atoms with van der Waals surface area (Å²) < 4.78 is 0. The highest BCUT2D eigenvalue weighted by atomic mass is 16.3. The van der Waals surface area contributed by atoms with Gasteiger partial charge in [0.25, 0.3) is 0 Å². The van der Waals surface area contributed by atoms with Gasteiger partial charge in [0.15, 0.2) is 0 Å². The molecule has 0 radical (unpaired) electrons. The van der Waals surface area contributed by atoms with Crippen molar-refractivity contribution in [2.75, 3.05) is 0 Å². The molecule has 15 heavy (non-hydrogen) atoms. The highest BCUT2D eigenvalue weighted by molar-refractivity contribution is 6.08. The van der Waals surface area contributed by atoms with E-state index in [-0.39, 0.29) is 0 Å². The second kappa shape index (κ2) is 2.88. The summed E-state index contributed by atoms with van der Waals surface area (Å²) in [7, 11) is 0. The standard InChI is InChI=1S/C11H7N3O/c15-14-11-8-4-2-5-12-9(8)7-3-1-6-13-10(7)11/h1-6,13H. The van der Waals surface area contributed by atoms with E-state index in [1.165, 1.54) is 0 Å². The maximum Gasteiger partial charge on any atom is 0.141 e. The van der Waals surface area contributed by atoms with Crippen LogP contribution in [0.25, 0.3) is 22.2 Å². The Morgan fingerprint density at radius 1 is 1.27 bits per heavy atom. The third kappa shape index (κ3) is 0.985. The zero-order valence-corrected chi connectivity index (χ0v) is 7.77. The van der Waals surface area contributed by atoms with Crippen LogP contribution >= 0.6 is 0 Å². The molecule has 0 saturated heterocycles. The first-order valence-electron chi connectivity index (χ1n) is 4.59. The summed E-state index contributed by atoms with van der Waals surface area (Å²) in [5.74, 6) is 0.